The normalized spacial score (nSPS) is 15.6. The van der Waals surface area contributed by atoms with Crippen LogP contribution in [0.4, 0.5) is 5.69 Å². The van der Waals surface area contributed by atoms with Crippen LogP contribution in [0.1, 0.15) is 12.0 Å². The number of benzene rings is 1. The van der Waals surface area contributed by atoms with E-state index in [9.17, 15) is 0 Å². The average Bonchev–Trinajstić information content (AvgIpc) is 2.23. The molecule has 0 saturated carbocycles. The standard InChI is InChI=1S/C11H15N3/c1-9-3-5-10(6-4-9)14-11-12-7-2-8-13-11/h3-6H,2,7-8H2,1H3,(H2,12,13,14). The van der Waals surface area contributed by atoms with E-state index in [1.165, 1.54) is 5.56 Å². The van der Waals surface area contributed by atoms with Crippen LogP contribution in [0.5, 0.6) is 0 Å². The van der Waals surface area contributed by atoms with Crippen molar-refractivity contribution in [2.45, 2.75) is 13.3 Å². The number of aliphatic imine (C=N–C) groups is 1. The van der Waals surface area contributed by atoms with Crippen molar-refractivity contribution in [2.24, 2.45) is 4.99 Å². The molecule has 0 aliphatic carbocycles. The summed E-state index contributed by atoms with van der Waals surface area (Å²) in [6, 6.07) is 8.31. The van der Waals surface area contributed by atoms with Gasteiger partial charge in [0.2, 0.25) is 0 Å². The molecule has 1 aromatic rings. The van der Waals surface area contributed by atoms with E-state index in [4.69, 9.17) is 0 Å². The molecule has 74 valence electrons. The molecule has 1 aliphatic rings. The SMILES string of the molecule is Cc1ccc(NC2=NCCCN2)cc1. The van der Waals surface area contributed by atoms with Gasteiger partial charge in [0.15, 0.2) is 5.96 Å². The first-order valence-electron chi connectivity index (χ1n) is 4.96. The average molecular weight is 189 g/mol. The topological polar surface area (TPSA) is 36.4 Å². The van der Waals surface area contributed by atoms with Gasteiger partial charge in [0.05, 0.1) is 0 Å². The summed E-state index contributed by atoms with van der Waals surface area (Å²) >= 11 is 0. The Bertz CT molecular complexity index is 327. The van der Waals surface area contributed by atoms with Crippen molar-refractivity contribution in [3.8, 4) is 0 Å². The summed E-state index contributed by atoms with van der Waals surface area (Å²) in [6.45, 7) is 4.01. The highest BCUT2D eigenvalue weighted by Crippen LogP contribution is 2.08. The zero-order valence-electron chi connectivity index (χ0n) is 8.38. The van der Waals surface area contributed by atoms with Gasteiger partial charge in [-0.05, 0) is 25.5 Å². The predicted octanol–water partition coefficient (Wildman–Crippen LogP) is 1.76. The van der Waals surface area contributed by atoms with Crippen molar-refractivity contribution in [1.82, 2.24) is 5.32 Å². The minimum Gasteiger partial charge on any atom is -0.356 e. The Kier molecular flexibility index (Phi) is 2.68. The summed E-state index contributed by atoms with van der Waals surface area (Å²) in [5.41, 5.74) is 2.36. The van der Waals surface area contributed by atoms with Crippen LogP contribution in [-0.4, -0.2) is 19.0 Å². The lowest BCUT2D eigenvalue weighted by molar-refractivity contribution is 0.740. The zero-order chi connectivity index (χ0) is 9.80. The molecule has 1 heterocycles. The van der Waals surface area contributed by atoms with Crippen LogP contribution in [0.25, 0.3) is 0 Å². The third-order valence-electron chi connectivity index (χ3n) is 2.21. The van der Waals surface area contributed by atoms with Gasteiger partial charge in [-0.25, -0.2) is 0 Å². The number of guanidine groups is 1. The zero-order valence-corrected chi connectivity index (χ0v) is 8.38. The van der Waals surface area contributed by atoms with E-state index < -0.39 is 0 Å². The summed E-state index contributed by atoms with van der Waals surface area (Å²) in [5, 5.41) is 6.47. The number of hydrogen-bond acceptors (Lipinski definition) is 3. The first kappa shape index (κ1) is 9.06. The fourth-order valence-corrected chi connectivity index (χ4v) is 1.39. The fourth-order valence-electron chi connectivity index (χ4n) is 1.39. The molecule has 2 N–H and O–H groups in total. The highest BCUT2D eigenvalue weighted by atomic mass is 15.2. The summed E-state index contributed by atoms with van der Waals surface area (Å²) in [6.07, 6.45) is 1.12. The lowest BCUT2D eigenvalue weighted by atomic mass is 10.2. The molecule has 0 atom stereocenters. The maximum absolute atomic E-state index is 4.34. The second-order valence-electron chi connectivity index (χ2n) is 3.50. The summed E-state index contributed by atoms with van der Waals surface area (Å²) in [4.78, 5) is 4.34. The Balaban J connectivity index is 2.03. The first-order chi connectivity index (χ1) is 6.84. The fraction of sp³-hybridized carbons (Fsp3) is 0.364. The maximum Gasteiger partial charge on any atom is 0.195 e. The minimum absolute atomic E-state index is 0.889. The molecule has 0 spiro atoms. The highest BCUT2D eigenvalue weighted by Gasteiger charge is 2.02. The molecule has 1 aromatic carbocycles. The Morgan fingerprint density at radius 2 is 2.07 bits per heavy atom. The van der Waals surface area contributed by atoms with E-state index >= 15 is 0 Å². The quantitative estimate of drug-likeness (QED) is 0.706. The summed E-state index contributed by atoms with van der Waals surface area (Å²) in [7, 11) is 0. The van der Waals surface area contributed by atoms with Crippen molar-refractivity contribution in [1.29, 1.82) is 0 Å². The van der Waals surface area contributed by atoms with E-state index in [0.29, 0.717) is 0 Å². The van der Waals surface area contributed by atoms with Crippen molar-refractivity contribution < 1.29 is 0 Å². The molecular weight excluding hydrogens is 174 g/mol. The lowest BCUT2D eigenvalue weighted by Crippen LogP contribution is -2.35. The van der Waals surface area contributed by atoms with Gasteiger partial charge in [-0.15, -0.1) is 0 Å². The molecule has 14 heavy (non-hydrogen) atoms. The smallest absolute Gasteiger partial charge is 0.195 e. The summed E-state index contributed by atoms with van der Waals surface area (Å²) in [5.74, 6) is 0.889. The number of rotatable bonds is 1. The van der Waals surface area contributed by atoms with Crippen molar-refractivity contribution >= 4 is 11.6 Å². The third-order valence-corrected chi connectivity index (χ3v) is 2.21. The van der Waals surface area contributed by atoms with Crippen LogP contribution in [0, 0.1) is 6.92 Å². The van der Waals surface area contributed by atoms with Crippen LogP contribution in [0.3, 0.4) is 0 Å². The van der Waals surface area contributed by atoms with Crippen LogP contribution in [0.15, 0.2) is 29.3 Å². The van der Waals surface area contributed by atoms with Gasteiger partial charge < -0.3 is 10.6 Å². The van der Waals surface area contributed by atoms with Gasteiger partial charge in [0.25, 0.3) is 0 Å². The molecule has 0 aromatic heterocycles. The largest absolute Gasteiger partial charge is 0.356 e. The Morgan fingerprint density at radius 3 is 2.71 bits per heavy atom. The molecule has 0 radical (unpaired) electrons. The van der Waals surface area contributed by atoms with Crippen LogP contribution >= 0.6 is 0 Å². The van der Waals surface area contributed by atoms with Gasteiger partial charge in [0, 0.05) is 18.8 Å². The second-order valence-corrected chi connectivity index (χ2v) is 3.50. The molecular formula is C11H15N3. The molecule has 0 bridgehead atoms. The molecule has 0 amide bonds. The Labute approximate surface area is 84.2 Å². The third kappa shape index (κ3) is 2.25. The monoisotopic (exact) mass is 189 g/mol. The number of hydrogen-bond donors (Lipinski definition) is 2. The van der Waals surface area contributed by atoms with Gasteiger partial charge in [-0.1, -0.05) is 17.7 Å². The minimum atomic E-state index is 0.889. The highest BCUT2D eigenvalue weighted by molar-refractivity contribution is 5.93. The first-order valence-corrected chi connectivity index (χ1v) is 4.96. The molecule has 1 aliphatic heterocycles. The number of anilines is 1. The van der Waals surface area contributed by atoms with E-state index in [1.807, 2.05) is 0 Å². The molecule has 0 saturated heterocycles. The Hall–Kier alpha value is -1.51. The predicted molar refractivity (Wildman–Crippen MR) is 59.7 cm³/mol. The van der Waals surface area contributed by atoms with Crippen LogP contribution in [-0.2, 0) is 0 Å². The van der Waals surface area contributed by atoms with Gasteiger partial charge in [-0.3, -0.25) is 4.99 Å². The summed E-state index contributed by atoms with van der Waals surface area (Å²) < 4.78 is 0. The van der Waals surface area contributed by atoms with E-state index in [0.717, 1.165) is 31.2 Å². The van der Waals surface area contributed by atoms with Crippen molar-refractivity contribution in [3.05, 3.63) is 29.8 Å². The molecule has 0 unspecified atom stereocenters. The van der Waals surface area contributed by atoms with Crippen molar-refractivity contribution in [3.63, 3.8) is 0 Å². The number of nitrogens with one attached hydrogen (secondary N) is 2. The number of nitrogens with zero attached hydrogens (tertiary/aromatic N) is 1. The number of aryl methyl sites for hydroxylation is 1. The van der Waals surface area contributed by atoms with Crippen molar-refractivity contribution in [2.75, 3.05) is 18.4 Å². The lowest BCUT2D eigenvalue weighted by Gasteiger charge is -2.15. The Morgan fingerprint density at radius 1 is 1.29 bits per heavy atom. The van der Waals surface area contributed by atoms with Gasteiger partial charge >= 0.3 is 0 Å². The molecule has 3 nitrogen and oxygen atoms in total. The van der Waals surface area contributed by atoms with Crippen LogP contribution in [0.2, 0.25) is 0 Å². The molecule has 0 fully saturated rings. The van der Waals surface area contributed by atoms with E-state index in [2.05, 4.69) is 46.8 Å². The van der Waals surface area contributed by atoms with E-state index in [-0.39, 0.29) is 0 Å². The maximum atomic E-state index is 4.34. The van der Waals surface area contributed by atoms with Gasteiger partial charge in [0.1, 0.15) is 0 Å². The molecule has 3 heteroatoms. The van der Waals surface area contributed by atoms with Crippen LogP contribution < -0.4 is 10.6 Å². The second kappa shape index (κ2) is 4.13. The van der Waals surface area contributed by atoms with E-state index in [1.54, 1.807) is 0 Å². The van der Waals surface area contributed by atoms with Gasteiger partial charge in [-0.2, -0.15) is 0 Å². The molecule has 2 rings (SSSR count).